The number of thiophene rings is 1. The van der Waals surface area contributed by atoms with Crippen LogP contribution in [0, 0.1) is 0 Å². The Morgan fingerprint density at radius 3 is 2.41 bits per heavy atom. The molecule has 5 nitrogen and oxygen atoms in total. The molecule has 0 bridgehead atoms. The zero-order valence-corrected chi connectivity index (χ0v) is 10.6. The molecule has 0 saturated carbocycles. The molecule has 7 heteroatoms. The molecule has 1 aromatic rings. The SMILES string of the molecule is Cl.Nc1c(C(=O)O)csc1CCCCC(=O)O. The highest BCUT2D eigenvalue weighted by molar-refractivity contribution is 7.10. The first kappa shape index (κ1) is 15.7. The van der Waals surface area contributed by atoms with Crippen LogP contribution in [0.1, 0.15) is 34.5 Å². The minimum Gasteiger partial charge on any atom is -0.481 e. The predicted octanol–water partition coefficient (Wildman–Crippen LogP) is 2.25. The third kappa shape index (κ3) is 4.62. The molecule has 0 aromatic carbocycles. The maximum absolute atomic E-state index is 10.7. The van der Waals surface area contributed by atoms with Gasteiger partial charge >= 0.3 is 11.9 Å². The van der Waals surface area contributed by atoms with Crippen LogP contribution < -0.4 is 5.73 Å². The summed E-state index contributed by atoms with van der Waals surface area (Å²) < 4.78 is 0. The van der Waals surface area contributed by atoms with Gasteiger partial charge in [-0.05, 0) is 19.3 Å². The minimum absolute atomic E-state index is 0. The van der Waals surface area contributed by atoms with Crippen LogP contribution in [0.2, 0.25) is 0 Å². The normalized spacial score (nSPS) is 9.65. The Bertz CT molecular complexity index is 405. The summed E-state index contributed by atoms with van der Waals surface area (Å²) in [7, 11) is 0. The Balaban J connectivity index is 0.00000256. The van der Waals surface area contributed by atoms with Crippen LogP contribution in [0.25, 0.3) is 0 Å². The number of nitrogen functional groups attached to an aromatic ring is 1. The van der Waals surface area contributed by atoms with Crippen molar-refractivity contribution in [3.8, 4) is 0 Å². The molecule has 4 N–H and O–H groups in total. The molecule has 0 spiro atoms. The zero-order valence-electron chi connectivity index (χ0n) is 9.01. The first-order chi connectivity index (χ1) is 7.52. The van der Waals surface area contributed by atoms with Gasteiger partial charge in [-0.2, -0.15) is 0 Å². The van der Waals surface area contributed by atoms with Gasteiger partial charge in [0.15, 0.2) is 0 Å². The van der Waals surface area contributed by atoms with Crippen LogP contribution in [0.5, 0.6) is 0 Å². The number of halogens is 1. The number of carboxylic acids is 2. The fourth-order valence-corrected chi connectivity index (χ4v) is 2.32. The minimum atomic E-state index is -1.02. The zero-order chi connectivity index (χ0) is 12.1. The second kappa shape index (κ2) is 7.13. The van der Waals surface area contributed by atoms with Crippen molar-refractivity contribution in [2.75, 3.05) is 5.73 Å². The Morgan fingerprint density at radius 2 is 1.94 bits per heavy atom. The molecule has 0 atom stereocenters. The van der Waals surface area contributed by atoms with Gasteiger partial charge < -0.3 is 15.9 Å². The second-order valence-electron chi connectivity index (χ2n) is 3.39. The highest BCUT2D eigenvalue weighted by atomic mass is 35.5. The first-order valence-electron chi connectivity index (χ1n) is 4.83. The summed E-state index contributed by atoms with van der Waals surface area (Å²) in [5.41, 5.74) is 6.11. The van der Waals surface area contributed by atoms with Gasteiger partial charge in [-0.15, -0.1) is 23.7 Å². The van der Waals surface area contributed by atoms with Crippen LogP contribution in [0.15, 0.2) is 5.38 Å². The summed E-state index contributed by atoms with van der Waals surface area (Å²) in [4.78, 5) is 21.8. The monoisotopic (exact) mass is 279 g/mol. The molecule has 0 aliphatic heterocycles. The number of aromatic carboxylic acids is 1. The number of carbonyl (C=O) groups is 2. The van der Waals surface area contributed by atoms with Gasteiger partial charge in [-0.25, -0.2) is 4.79 Å². The van der Waals surface area contributed by atoms with Crippen molar-refractivity contribution in [1.29, 1.82) is 0 Å². The number of aryl methyl sites for hydroxylation is 1. The van der Waals surface area contributed by atoms with Gasteiger partial charge in [0, 0.05) is 16.7 Å². The molecule has 96 valence electrons. The van der Waals surface area contributed by atoms with Crippen LogP contribution in [-0.4, -0.2) is 22.2 Å². The van der Waals surface area contributed by atoms with E-state index in [0.29, 0.717) is 24.9 Å². The number of nitrogens with two attached hydrogens (primary N) is 1. The van der Waals surface area contributed by atoms with Crippen molar-refractivity contribution < 1.29 is 19.8 Å². The van der Waals surface area contributed by atoms with E-state index in [1.807, 2.05) is 0 Å². The number of carboxylic acid groups (broad SMARTS) is 2. The molecule has 0 amide bonds. The van der Waals surface area contributed by atoms with Crippen molar-refractivity contribution in [3.05, 3.63) is 15.8 Å². The van der Waals surface area contributed by atoms with Gasteiger partial charge in [-0.1, -0.05) is 0 Å². The average Bonchev–Trinajstić information content (AvgIpc) is 2.54. The molecule has 0 unspecified atom stereocenters. The maximum Gasteiger partial charge on any atom is 0.338 e. The Hall–Kier alpha value is -1.27. The molecular weight excluding hydrogens is 266 g/mol. The Kier molecular flexibility index (Phi) is 6.60. The van der Waals surface area contributed by atoms with E-state index >= 15 is 0 Å². The van der Waals surface area contributed by atoms with Gasteiger partial charge in [-0.3, -0.25) is 4.79 Å². The fraction of sp³-hybridized carbons (Fsp3) is 0.400. The number of unbranched alkanes of at least 4 members (excludes halogenated alkanes) is 1. The smallest absolute Gasteiger partial charge is 0.338 e. The van der Waals surface area contributed by atoms with E-state index in [1.165, 1.54) is 16.7 Å². The highest BCUT2D eigenvalue weighted by Gasteiger charge is 2.13. The third-order valence-corrected chi connectivity index (χ3v) is 3.25. The van der Waals surface area contributed by atoms with E-state index in [2.05, 4.69) is 0 Å². The lowest BCUT2D eigenvalue weighted by Crippen LogP contribution is -2.00. The van der Waals surface area contributed by atoms with Crippen LogP contribution in [-0.2, 0) is 11.2 Å². The molecule has 1 rings (SSSR count). The van der Waals surface area contributed by atoms with E-state index in [4.69, 9.17) is 15.9 Å². The summed E-state index contributed by atoms with van der Waals surface area (Å²) in [6.45, 7) is 0. The van der Waals surface area contributed by atoms with Crippen molar-refractivity contribution in [2.45, 2.75) is 25.7 Å². The van der Waals surface area contributed by atoms with Gasteiger partial charge in [0.25, 0.3) is 0 Å². The number of rotatable bonds is 6. The second-order valence-corrected chi connectivity index (χ2v) is 4.36. The quantitative estimate of drug-likeness (QED) is 0.693. The molecule has 0 aliphatic carbocycles. The van der Waals surface area contributed by atoms with Crippen molar-refractivity contribution in [2.24, 2.45) is 0 Å². The average molecular weight is 280 g/mol. The van der Waals surface area contributed by atoms with Crippen molar-refractivity contribution in [1.82, 2.24) is 0 Å². The molecule has 1 aromatic heterocycles. The lowest BCUT2D eigenvalue weighted by Gasteiger charge is -1.99. The number of hydrogen-bond donors (Lipinski definition) is 3. The topological polar surface area (TPSA) is 101 Å². The first-order valence-corrected chi connectivity index (χ1v) is 5.71. The molecule has 0 aliphatic rings. The Morgan fingerprint density at radius 1 is 1.29 bits per heavy atom. The number of hydrogen-bond acceptors (Lipinski definition) is 4. The number of aliphatic carboxylic acids is 1. The molecular formula is C10H14ClNO4S. The van der Waals surface area contributed by atoms with Crippen molar-refractivity contribution >= 4 is 41.4 Å². The van der Waals surface area contributed by atoms with Crippen LogP contribution in [0.3, 0.4) is 0 Å². The maximum atomic E-state index is 10.7. The molecule has 1 heterocycles. The summed E-state index contributed by atoms with van der Waals surface area (Å²) in [6, 6.07) is 0. The van der Waals surface area contributed by atoms with Gasteiger partial charge in [0.05, 0.1) is 11.3 Å². The highest BCUT2D eigenvalue weighted by Crippen LogP contribution is 2.26. The molecule has 0 fully saturated rings. The van der Waals surface area contributed by atoms with E-state index in [1.54, 1.807) is 0 Å². The standard InChI is InChI=1S/C10H13NO4S.ClH/c11-9-6(10(14)15)5-16-7(9)3-1-2-4-8(12)13;/h5H,1-4,11H2,(H,12,13)(H,14,15);1H. The third-order valence-electron chi connectivity index (χ3n) is 2.18. The Labute approximate surface area is 109 Å². The fourth-order valence-electron chi connectivity index (χ4n) is 1.33. The van der Waals surface area contributed by atoms with E-state index in [-0.39, 0.29) is 24.4 Å². The van der Waals surface area contributed by atoms with Gasteiger partial charge in [0.2, 0.25) is 0 Å². The summed E-state index contributed by atoms with van der Waals surface area (Å²) >= 11 is 1.31. The van der Waals surface area contributed by atoms with Gasteiger partial charge in [0.1, 0.15) is 0 Å². The van der Waals surface area contributed by atoms with Crippen LogP contribution in [0.4, 0.5) is 5.69 Å². The summed E-state index contributed by atoms with van der Waals surface area (Å²) in [5.74, 6) is -1.84. The van der Waals surface area contributed by atoms with Crippen molar-refractivity contribution in [3.63, 3.8) is 0 Å². The molecule has 17 heavy (non-hydrogen) atoms. The number of anilines is 1. The van der Waals surface area contributed by atoms with E-state index in [9.17, 15) is 9.59 Å². The lowest BCUT2D eigenvalue weighted by atomic mass is 10.1. The molecule has 0 saturated heterocycles. The summed E-state index contributed by atoms with van der Waals surface area (Å²) in [5, 5.41) is 18.7. The summed E-state index contributed by atoms with van der Waals surface area (Å²) in [6.07, 6.45) is 2.05. The van der Waals surface area contributed by atoms with E-state index in [0.717, 1.165) is 4.88 Å². The molecule has 0 radical (unpaired) electrons. The van der Waals surface area contributed by atoms with Crippen LogP contribution >= 0.6 is 23.7 Å². The lowest BCUT2D eigenvalue weighted by molar-refractivity contribution is -0.137. The largest absolute Gasteiger partial charge is 0.481 e. The van der Waals surface area contributed by atoms with E-state index < -0.39 is 11.9 Å². The predicted molar refractivity (Wildman–Crippen MR) is 68.1 cm³/mol.